The molecule has 1 unspecified atom stereocenters. The van der Waals surface area contributed by atoms with Crippen molar-refractivity contribution in [3.05, 3.63) is 28.8 Å². The molecule has 1 saturated heterocycles. The Balaban J connectivity index is 2.17. The molecule has 1 heterocycles. The molecule has 1 aliphatic heterocycles. The molecular formula is C17H27ClN2. The first-order chi connectivity index (χ1) is 9.63. The Labute approximate surface area is 128 Å². The number of rotatable bonds is 6. The van der Waals surface area contributed by atoms with Gasteiger partial charge in [-0.05, 0) is 43.4 Å². The molecule has 1 aromatic carbocycles. The lowest BCUT2D eigenvalue weighted by Gasteiger charge is -2.29. The summed E-state index contributed by atoms with van der Waals surface area (Å²) in [6.07, 6.45) is 3.77. The van der Waals surface area contributed by atoms with Crippen LogP contribution in [0.4, 0.5) is 5.69 Å². The summed E-state index contributed by atoms with van der Waals surface area (Å²) in [5, 5.41) is 4.44. The van der Waals surface area contributed by atoms with Crippen LogP contribution in [0.3, 0.4) is 0 Å². The van der Waals surface area contributed by atoms with Gasteiger partial charge < -0.3 is 10.2 Å². The van der Waals surface area contributed by atoms with Gasteiger partial charge in [0, 0.05) is 19.1 Å². The molecule has 20 heavy (non-hydrogen) atoms. The average molecular weight is 295 g/mol. The Bertz CT molecular complexity index is 431. The third-order valence-electron chi connectivity index (χ3n) is 4.07. The van der Waals surface area contributed by atoms with Crippen LogP contribution in [-0.2, 0) is 6.54 Å². The lowest BCUT2D eigenvalue weighted by atomic mass is 10.1. The van der Waals surface area contributed by atoms with Gasteiger partial charge in [-0.3, -0.25) is 0 Å². The molecule has 1 aliphatic rings. The van der Waals surface area contributed by atoms with Crippen molar-refractivity contribution < 1.29 is 0 Å². The van der Waals surface area contributed by atoms with E-state index < -0.39 is 0 Å². The molecule has 0 amide bonds. The Morgan fingerprint density at radius 3 is 2.90 bits per heavy atom. The molecule has 0 radical (unpaired) electrons. The first-order valence-electron chi connectivity index (χ1n) is 7.88. The Morgan fingerprint density at radius 2 is 2.20 bits per heavy atom. The van der Waals surface area contributed by atoms with Crippen LogP contribution in [0.2, 0.25) is 5.02 Å². The van der Waals surface area contributed by atoms with Crippen LogP contribution in [0, 0.1) is 5.92 Å². The van der Waals surface area contributed by atoms with Gasteiger partial charge in [-0.15, -0.1) is 0 Å². The minimum absolute atomic E-state index is 0.652. The van der Waals surface area contributed by atoms with Crippen LogP contribution < -0.4 is 10.2 Å². The van der Waals surface area contributed by atoms with Gasteiger partial charge in [0.25, 0.3) is 0 Å². The molecule has 1 atom stereocenters. The Kier molecular flexibility index (Phi) is 5.74. The topological polar surface area (TPSA) is 15.3 Å². The molecule has 112 valence electrons. The van der Waals surface area contributed by atoms with E-state index in [0.717, 1.165) is 24.7 Å². The molecule has 0 saturated carbocycles. The van der Waals surface area contributed by atoms with Crippen LogP contribution in [-0.4, -0.2) is 19.1 Å². The summed E-state index contributed by atoms with van der Waals surface area (Å²) in [4.78, 5) is 2.52. The summed E-state index contributed by atoms with van der Waals surface area (Å²) >= 11 is 6.50. The predicted octanol–water partition coefficient (Wildman–Crippen LogP) is 4.46. The Hall–Kier alpha value is -0.730. The number of nitrogens with one attached hydrogen (secondary N) is 1. The van der Waals surface area contributed by atoms with Crippen molar-refractivity contribution in [3.8, 4) is 0 Å². The van der Waals surface area contributed by atoms with E-state index in [1.54, 1.807) is 0 Å². The van der Waals surface area contributed by atoms with Crippen LogP contribution in [0.5, 0.6) is 0 Å². The lowest BCUT2D eigenvalue weighted by molar-refractivity contribution is 0.551. The average Bonchev–Trinajstić information content (AvgIpc) is 2.86. The Morgan fingerprint density at radius 1 is 1.40 bits per heavy atom. The van der Waals surface area contributed by atoms with Gasteiger partial charge in [0.15, 0.2) is 0 Å². The van der Waals surface area contributed by atoms with Crippen molar-refractivity contribution in [1.82, 2.24) is 5.32 Å². The summed E-state index contributed by atoms with van der Waals surface area (Å²) in [6, 6.07) is 6.95. The molecule has 0 aromatic heterocycles. The van der Waals surface area contributed by atoms with E-state index in [4.69, 9.17) is 11.6 Å². The maximum atomic E-state index is 6.50. The fourth-order valence-corrected chi connectivity index (χ4v) is 3.38. The number of anilines is 1. The van der Waals surface area contributed by atoms with Gasteiger partial charge in [-0.1, -0.05) is 44.5 Å². The first-order valence-corrected chi connectivity index (χ1v) is 8.26. The molecule has 2 nitrogen and oxygen atoms in total. The largest absolute Gasteiger partial charge is 0.367 e. The highest BCUT2D eigenvalue weighted by molar-refractivity contribution is 6.33. The normalized spacial score (nSPS) is 19.1. The molecule has 2 rings (SSSR count). The second-order valence-electron chi connectivity index (χ2n) is 6.17. The third-order valence-corrected chi connectivity index (χ3v) is 4.38. The zero-order valence-corrected chi connectivity index (χ0v) is 13.7. The molecule has 0 bridgehead atoms. The quantitative estimate of drug-likeness (QED) is 0.833. The van der Waals surface area contributed by atoms with Gasteiger partial charge in [0.1, 0.15) is 0 Å². The van der Waals surface area contributed by atoms with E-state index in [2.05, 4.69) is 43.1 Å². The number of hydrogen-bond acceptors (Lipinski definition) is 2. The van der Waals surface area contributed by atoms with Gasteiger partial charge in [-0.25, -0.2) is 0 Å². The summed E-state index contributed by atoms with van der Waals surface area (Å²) in [6.45, 7) is 9.83. The second-order valence-corrected chi connectivity index (χ2v) is 6.58. The molecule has 1 fully saturated rings. The molecular weight excluding hydrogens is 268 g/mol. The van der Waals surface area contributed by atoms with E-state index in [9.17, 15) is 0 Å². The highest BCUT2D eigenvalue weighted by atomic mass is 35.5. The minimum Gasteiger partial charge on any atom is -0.367 e. The van der Waals surface area contributed by atoms with E-state index in [1.807, 2.05) is 6.07 Å². The van der Waals surface area contributed by atoms with Crippen LogP contribution >= 0.6 is 11.6 Å². The fraction of sp³-hybridized carbons (Fsp3) is 0.647. The second kappa shape index (κ2) is 7.33. The fourth-order valence-electron chi connectivity index (χ4n) is 3.07. The van der Waals surface area contributed by atoms with Gasteiger partial charge in [-0.2, -0.15) is 0 Å². The molecule has 0 spiro atoms. The molecule has 1 aromatic rings. The summed E-state index contributed by atoms with van der Waals surface area (Å²) < 4.78 is 0. The number of hydrogen-bond donors (Lipinski definition) is 1. The summed E-state index contributed by atoms with van der Waals surface area (Å²) in [5.41, 5.74) is 2.59. The van der Waals surface area contributed by atoms with E-state index >= 15 is 0 Å². The highest BCUT2D eigenvalue weighted by Crippen LogP contribution is 2.35. The number of benzene rings is 1. The van der Waals surface area contributed by atoms with Crippen molar-refractivity contribution in [2.45, 2.75) is 52.6 Å². The maximum Gasteiger partial charge on any atom is 0.0643 e. The highest BCUT2D eigenvalue weighted by Gasteiger charge is 2.26. The van der Waals surface area contributed by atoms with Crippen molar-refractivity contribution in [2.75, 3.05) is 18.0 Å². The van der Waals surface area contributed by atoms with Crippen LogP contribution in [0.15, 0.2) is 18.2 Å². The number of halogens is 1. The van der Waals surface area contributed by atoms with Gasteiger partial charge in [0.05, 0.1) is 10.7 Å². The standard InChI is InChI=1S/C17H27ClN2/c1-4-15-8-6-10-20(15)17-14(7-5-9-16(17)18)12-19-11-13(2)3/h5,7,9,13,15,19H,4,6,8,10-12H2,1-3H3. The van der Waals surface area contributed by atoms with E-state index in [-0.39, 0.29) is 0 Å². The van der Waals surface area contributed by atoms with E-state index in [0.29, 0.717) is 12.0 Å². The SMILES string of the molecule is CCC1CCCN1c1c(Cl)cccc1CNCC(C)C. The van der Waals surface area contributed by atoms with Crippen molar-refractivity contribution in [1.29, 1.82) is 0 Å². The monoisotopic (exact) mass is 294 g/mol. The zero-order valence-electron chi connectivity index (χ0n) is 13.0. The van der Waals surface area contributed by atoms with Crippen LogP contribution in [0.25, 0.3) is 0 Å². The smallest absolute Gasteiger partial charge is 0.0643 e. The predicted molar refractivity (Wildman–Crippen MR) is 88.7 cm³/mol. The molecule has 3 heteroatoms. The van der Waals surface area contributed by atoms with Gasteiger partial charge >= 0.3 is 0 Å². The van der Waals surface area contributed by atoms with E-state index in [1.165, 1.54) is 30.5 Å². The maximum absolute atomic E-state index is 6.50. The van der Waals surface area contributed by atoms with Crippen molar-refractivity contribution in [3.63, 3.8) is 0 Å². The summed E-state index contributed by atoms with van der Waals surface area (Å²) in [5.74, 6) is 0.674. The minimum atomic E-state index is 0.652. The van der Waals surface area contributed by atoms with Gasteiger partial charge in [0.2, 0.25) is 0 Å². The third kappa shape index (κ3) is 3.67. The van der Waals surface area contributed by atoms with Crippen LogP contribution in [0.1, 0.15) is 45.6 Å². The summed E-state index contributed by atoms with van der Waals surface area (Å²) in [7, 11) is 0. The van der Waals surface area contributed by atoms with Crippen molar-refractivity contribution in [2.24, 2.45) is 5.92 Å². The number of nitrogens with zero attached hydrogens (tertiary/aromatic N) is 1. The lowest BCUT2D eigenvalue weighted by Crippen LogP contribution is -2.30. The first kappa shape index (κ1) is 15.7. The van der Waals surface area contributed by atoms with Crippen molar-refractivity contribution >= 4 is 17.3 Å². The molecule has 1 N–H and O–H groups in total. The zero-order chi connectivity index (χ0) is 14.5. The number of para-hydroxylation sites is 1. The molecule has 0 aliphatic carbocycles.